The molecule has 2 aromatic heterocycles. The standard InChI is InChI=1S/C15H19N5O3/c1-9-14(10(2)17-16-9)12-8-23-7-6-20(12)15(21)11-4-5-13(22-3)19-18-11/h4-5,12H,6-8H2,1-3H3,(H,16,17). The number of aromatic nitrogens is 4. The lowest BCUT2D eigenvalue weighted by Crippen LogP contribution is -2.44. The Bertz CT molecular complexity index is 678. The van der Waals surface area contributed by atoms with Crippen molar-refractivity contribution < 1.29 is 14.3 Å². The molecule has 0 radical (unpaired) electrons. The van der Waals surface area contributed by atoms with Crippen LogP contribution in [0.1, 0.15) is 33.5 Å². The number of carbonyl (C=O) groups is 1. The van der Waals surface area contributed by atoms with Crippen LogP contribution in [0.25, 0.3) is 0 Å². The van der Waals surface area contributed by atoms with Gasteiger partial charge in [0, 0.05) is 23.9 Å². The zero-order valence-electron chi connectivity index (χ0n) is 13.4. The van der Waals surface area contributed by atoms with Crippen LogP contribution >= 0.6 is 0 Å². The van der Waals surface area contributed by atoms with E-state index >= 15 is 0 Å². The van der Waals surface area contributed by atoms with Crippen molar-refractivity contribution in [3.05, 3.63) is 34.8 Å². The van der Waals surface area contributed by atoms with E-state index in [0.717, 1.165) is 17.0 Å². The van der Waals surface area contributed by atoms with Crippen LogP contribution in [0.2, 0.25) is 0 Å². The molecule has 0 aliphatic carbocycles. The molecule has 3 heterocycles. The predicted molar refractivity (Wildman–Crippen MR) is 81.2 cm³/mol. The lowest BCUT2D eigenvalue weighted by atomic mass is 10.0. The summed E-state index contributed by atoms with van der Waals surface area (Å²) in [4.78, 5) is 14.6. The number of amides is 1. The van der Waals surface area contributed by atoms with Crippen LogP contribution in [-0.2, 0) is 4.74 Å². The van der Waals surface area contributed by atoms with Crippen LogP contribution in [-0.4, -0.2) is 58.1 Å². The first-order valence-corrected chi connectivity index (χ1v) is 7.39. The fourth-order valence-corrected chi connectivity index (χ4v) is 2.83. The van der Waals surface area contributed by atoms with Crippen LogP contribution < -0.4 is 4.74 Å². The van der Waals surface area contributed by atoms with Gasteiger partial charge in [0.15, 0.2) is 5.69 Å². The van der Waals surface area contributed by atoms with Crippen molar-refractivity contribution >= 4 is 5.91 Å². The van der Waals surface area contributed by atoms with Crippen LogP contribution in [0.15, 0.2) is 12.1 Å². The van der Waals surface area contributed by atoms with E-state index in [0.29, 0.717) is 25.6 Å². The molecule has 1 aliphatic heterocycles. The summed E-state index contributed by atoms with van der Waals surface area (Å²) in [5.41, 5.74) is 3.10. The second kappa shape index (κ2) is 6.33. The molecular weight excluding hydrogens is 298 g/mol. The molecule has 0 bridgehead atoms. The minimum atomic E-state index is -0.182. The minimum absolute atomic E-state index is 0.173. The maximum atomic E-state index is 12.8. The van der Waals surface area contributed by atoms with Gasteiger partial charge < -0.3 is 14.4 Å². The van der Waals surface area contributed by atoms with E-state index in [-0.39, 0.29) is 17.6 Å². The summed E-state index contributed by atoms with van der Waals surface area (Å²) < 4.78 is 10.6. The number of nitrogens with zero attached hydrogens (tertiary/aromatic N) is 4. The number of aryl methyl sites for hydroxylation is 2. The summed E-state index contributed by atoms with van der Waals surface area (Å²) >= 11 is 0. The Labute approximate surface area is 133 Å². The molecule has 0 aromatic carbocycles. The molecule has 8 heteroatoms. The van der Waals surface area contributed by atoms with Gasteiger partial charge in [0.1, 0.15) is 0 Å². The third-order valence-corrected chi connectivity index (χ3v) is 3.98. The van der Waals surface area contributed by atoms with Crippen LogP contribution in [0.5, 0.6) is 5.88 Å². The van der Waals surface area contributed by atoms with Gasteiger partial charge in [0.05, 0.1) is 32.1 Å². The highest BCUT2D eigenvalue weighted by molar-refractivity contribution is 5.92. The number of hydrogen-bond donors (Lipinski definition) is 1. The molecular formula is C15H19N5O3. The van der Waals surface area contributed by atoms with Gasteiger partial charge in [-0.05, 0) is 19.9 Å². The van der Waals surface area contributed by atoms with Crippen molar-refractivity contribution in [2.45, 2.75) is 19.9 Å². The Morgan fingerprint density at radius 1 is 1.39 bits per heavy atom. The van der Waals surface area contributed by atoms with Crippen molar-refractivity contribution in [2.75, 3.05) is 26.9 Å². The Kier molecular flexibility index (Phi) is 4.24. The second-order valence-electron chi connectivity index (χ2n) is 5.40. The monoisotopic (exact) mass is 317 g/mol. The van der Waals surface area contributed by atoms with Gasteiger partial charge in [-0.3, -0.25) is 9.89 Å². The Balaban J connectivity index is 1.90. The summed E-state index contributed by atoms with van der Waals surface area (Å²) in [6.07, 6.45) is 0. The summed E-state index contributed by atoms with van der Waals surface area (Å²) in [7, 11) is 1.51. The van der Waals surface area contributed by atoms with E-state index in [2.05, 4.69) is 20.4 Å². The van der Waals surface area contributed by atoms with E-state index in [9.17, 15) is 4.79 Å². The van der Waals surface area contributed by atoms with E-state index in [1.165, 1.54) is 7.11 Å². The molecule has 1 N–H and O–H groups in total. The first kappa shape index (κ1) is 15.4. The quantitative estimate of drug-likeness (QED) is 0.909. The fourth-order valence-electron chi connectivity index (χ4n) is 2.83. The normalized spacial score (nSPS) is 18.0. The summed E-state index contributed by atoms with van der Waals surface area (Å²) in [6.45, 7) is 5.31. The number of morpholine rings is 1. The zero-order valence-corrected chi connectivity index (χ0v) is 13.4. The number of methoxy groups -OCH3 is 1. The van der Waals surface area contributed by atoms with Crippen molar-refractivity contribution in [1.29, 1.82) is 0 Å². The molecule has 1 atom stereocenters. The van der Waals surface area contributed by atoms with Crippen molar-refractivity contribution in [2.24, 2.45) is 0 Å². The van der Waals surface area contributed by atoms with Gasteiger partial charge in [-0.2, -0.15) is 5.10 Å². The number of rotatable bonds is 3. The van der Waals surface area contributed by atoms with Crippen molar-refractivity contribution in [3.8, 4) is 5.88 Å². The molecule has 23 heavy (non-hydrogen) atoms. The zero-order chi connectivity index (χ0) is 16.4. The third-order valence-electron chi connectivity index (χ3n) is 3.98. The molecule has 1 unspecified atom stereocenters. The lowest BCUT2D eigenvalue weighted by Gasteiger charge is -2.35. The van der Waals surface area contributed by atoms with E-state index in [1.807, 2.05) is 13.8 Å². The maximum Gasteiger partial charge on any atom is 0.275 e. The molecule has 0 spiro atoms. The number of ether oxygens (including phenoxy) is 2. The van der Waals surface area contributed by atoms with E-state index in [1.54, 1.807) is 17.0 Å². The van der Waals surface area contributed by atoms with Crippen LogP contribution in [0.3, 0.4) is 0 Å². The lowest BCUT2D eigenvalue weighted by molar-refractivity contribution is -0.00339. The van der Waals surface area contributed by atoms with Gasteiger partial charge in [-0.1, -0.05) is 0 Å². The summed E-state index contributed by atoms with van der Waals surface area (Å²) in [5, 5.41) is 15.0. The SMILES string of the molecule is COc1ccc(C(=O)N2CCOCC2c2c(C)n[nH]c2C)nn1. The van der Waals surface area contributed by atoms with Gasteiger partial charge >= 0.3 is 0 Å². The Morgan fingerprint density at radius 2 is 2.22 bits per heavy atom. The van der Waals surface area contributed by atoms with E-state index < -0.39 is 0 Å². The van der Waals surface area contributed by atoms with Gasteiger partial charge in [0.25, 0.3) is 5.91 Å². The first-order chi connectivity index (χ1) is 11.1. The van der Waals surface area contributed by atoms with Gasteiger partial charge in [0.2, 0.25) is 5.88 Å². The highest BCUT2D eigenvalue weighted by Gasteiger charge is 2.33. The van der Waals surface area contributed by atoms with Gasteiger partial charge in [-0.25, -0.2) is 0 Å². The molecule has 1 saturated heterocycles. The minimum Gasteiger partial charge on any atom is -0.480 e. The molecule has 1 amide bonds. The van der Waals surface area contributed by atoms with Crippen molar-refractivity contribution in [3.63, 3.8) is 0 Å². The smallest absolute Gasteiger partial charge is 0.275 e. The highest BCUT2D eigenvalue weighted by Crippen LogP contribution is 2.29. The summed E-state index contributed by atoms with van der Waals surface area (Å²) in [5.74, 6) is 0.204. The number of nitrogens with one attached hydrogen (secondary N) is 1. The fraction of sp³-hybridized carbons (Fsp3) is 0.467. The molecule has 1 fully saturated rings. The third kappa shape index (κ3) is 2.89. The van der Waals surface area contributed by atoms with Gasteiger partial charge in [-0.15, -0.1) is 10.2 Å². The topological polar surface area (TPSA) is 93.2 Å². The van der Waals surface area contributed by atoms with Crippen LogP contribution in [0.4, 0.5) is 0 Å². The molecule has 0 saturated carbocycles. The molecule has 8 nitrogen and oxygen atoms in total. The number of carbonyl (C=O) groups excluding carboxylic acids is 1. The number of H-pyrrole nitrogens is 1. The molecule has 2 aromatic rings. The average molecular weight is 317 g/mol. The Morgan fingerprint density at radius 3 is 2.83 bits per heavy atom. The summed E-state index contributed by atoms with van der Waals surface area (Å²) in [6, 6.07) is 3.07. The highest BCUT2D eigenvalue weighted by atomic mass is 16.5. The largest absolute Gasteiger partial charge is 0.480 e. The maximum absolute atomic E-state index is 12.8. The predicted octanol–water partition coefficient (Wildman–Crippen LogP) is 1.04. The van der Waals surface area contributed by atoms with Crippen molar-refractivity contribution in [1.82, 2.24) is 25.3 Å². The first-order valence-electron chi connectivity index (χ1n) is 7.39. The molecule has 3 rings (SSSR count). The molecule has 122 valence electrons. The molecule has 1 aliphatic rings. The number of hydrogen-bond acceptors (Lipinski definition) is 6. The Hall–Kier alpha value is -2.48. The van der Waals surface area contributed by atoms with Crippen LogP contribution in [0, 0.1) is 13.8 Å². The average Bonchev–Trinajstić information content (AvgIpc) is 2.93. The number of aromatic amines is 1. The van der Waals surface area contributed by atoms with E-state index in [4.69, 9.17) is 9.47 Å². The second-order valence-corrected chi connectivity index (χ2v) is 5.40.